The normalized spacial score (nSPS) is 16.1. The van der Waals surface area contributed by atoms with Crippen molar-refractivity contribution < 1.29 is 0 Å². The van der Waals surface area contributed by atoms with Crippen LogP contribution in [-0.4, -0.2) is 9.38 Å². The number of hydrogen-bond donors (Lipinski definition) is 0. The maximum atomic E-state index is 6.33. The minimum Gasteiger partial charge on any atom is -0.304 e. The van der Waals surface area contributed by atoms with Crippen molar-refractivity contribution >= 4 is 28.8 Å². The molecule has 4 rings (SSSR count). The van der Waals surface area contributed by atoms with Crippen molar-refractivity contribution in [3.8, 4) is 0 Å². The minimum atomic E-state index is 0.640. The third kappa shape index (κ3) is 3.63. The average Bonchev–Trinajstić information content (AvgIpc) is 2.89. The van der Waals surface area contributed by atoms with Crippen LogP contribution in [-0.2, 0) is 12.8 Å². The van der Waals surface area contributed by atoms with Gasteiger partial charge in [-0.1, -0.05) is 61.0 Å². The number of rotatable bonds is 4. The van der Waals surface area contributed by atoms with Crippen LogP contribution >= 0.6 is 23.2 Å². The van der Waals surface area contributed by atoms with E-state index in [4.69, 9.17) is 28.2 Å². The fraction of sp³-hybridized carbons (Fsp3) is 0.409. The second kappa shape index (κ2) is 8.02. The highest BCUT2D eigenvalue weighted by Crippen LogP contribution is 2.32. The summed E-state index contributed by atoms with van der Waals surface area (Å²) in [7, 11) is 0. The molecule has 0 amide bonds. The molecule has 26 heavy (non-hydrogen) atoms. The van der Waals surface area contributed by atoms with Gasteiger partial charge in [-0.25, -0.2) is 4.98 Å². The maximum absolute atomic E-state index is 6.33. The third-order valence-electron chi connectivity index (χ3n) is 5.62. The Hall–Kier alpha value is -1.51. The van der Waals surface area contributed by atoms with E-state index in [-0.39, 0.29) is 0 Å². The average molecular weight is 387 g/mol. The number of aryl methyl sites for hydroxylation is 1. The predicted molar refractivity (Wildman–Crippen MR) is 110 cm³/mol. The molecule has 1 fully saturated rings. The van der Waals surface area contributed by atoms with Crippen molar-refractivity contribution in [1.29, 1.82) is 0 Å². The van der Waals surface area contributed by atoms with Crippen molar-refractivity contribution in [2.75, 3.05) is 0 Å². The molecule has 4 heteroatoms. The molecule has 2 aromatic heterocycles. The molecule has 0 atom stereocenters. The summed E-state index contributed by atoms with van der Waals surface area (Å²) in [6.07, 6.45) is 13.9. The van der Waals surface area contributed by atoms with Crippen LogP contribution in [0.5, 0.6) is 0 Å². The highest BCUT2D eigenvalue weighted by Gasteiger charge is 2.19. The van der Waals surface area contributed by atoms with Crippen LogP contribution in [0.2, 0.25) is 10.0 Å². The van der Waals surface area contributed by atoms with Crippen molar-refractivity contribution in [1.82, 2.24) is 9.38 Å². The predicted octanol–water partition coefficient (Wildman–Crippen LogP) is 6.86. The summed E-state index contributed by atoms with van der Waals surface area (Å²) in [5.41, 5.74) is 4.73. The summed E-state index contributed by atoms with van der Waals surface area (Å²) in [5.74, 6) is 0.640. The molecule has 0 radical (unpaired) electrons. The van der Waals surface area contributed by atoms with Gasteiger partial charge in [-0.3, -0.25) is 0 Å². The fourth-order valence-corrected chi connectivity index (χ4v) is 4.78. The first-order valence-electron chi connectivity index (χ1n) is 9.62. The minimum absolute atomic E-state index is 0.640. The number of nitrogens with zero attached hydrogens (tertiary/aromatic N) is 2. The summed E-state index contributed by atoms with van der Waals surface area (Å²) >= 11 is 12.7. The molecule has 1 saturated carbocycles. The van der Waals surface area contributed by atoms with Gasteiger partial charge in [0.2, 0.25) is 0 Å². The van der Waals surface area contributed by atoms with Crippen LogP contribution in [0.4, 0.5) is 0 Å². The lowest BCUT2D eigenvalue weighted by Gasteiger charge is -2.14. The third-order valence-corrected chi connectivity index (χ3v) is 6.33. The first-order valence-corrected chi connectivity index (χ1v) is 10.4. The smallest absolute Gasteiger partial charge is 0.140 e. The van der Waals surface area contributed by atoms with Crippen molar-refractivity contribution in [2.24, 2.45) is 0 Å². The molecule has 0 spiro atoms. The molecule has 0 aliphatic heterocycles. The van der Waals surface area contributed by atoms with Crippen molar-refractivity contribution in [3.63, 3.8) is 0 Å². The van der Waals surface area contributed by atoms with Gasteiger partial charge in [0.25, 0.3) is 0 Å². The van der Waals surface area contributed by atoms with Gasteiger partial charge in [0.15, 0.2) is 0 Å². The number of imidazole rings is 1. The van der Waals surface area contributed by atoms with Crippen LogP contribution in [0.1, 0.15) is 61.3 Å². The summed E-state index contributed by atoms with van der Waals surface area (Å²) < 4.78 is 2.31. The number of fused-ring (bicyclic) bond motifs is 1. The van der Waals surface area contributed by atoms with E-state index in [0.29, 0.717) is 5.92 Å². The van der Waals surface area contributed by atoms with E-state index in [2.05, 4.69) is 28.9 Å². The van der Waals surface area contributed by atoms with E-state index in [1.54, 1.807) is 0 Å². The number of halogens is 2. The number of benzene rings is 1. The summed E-state index contributed by atoms with van der Waals surface area (Å²) in [4.78, 5) is 4.78. The molecule has 0 N–H and O–H groups in total. The molecular weight excluding hydrogens is 363 g/mol. The standard InChI is InChI=1S/C22H24Cl2N2/c23-19-10-5-11-20(24)18(19)13-12-17-9-6-14-26-21(15-25-22(17)26)16-7-3-1-2-4-8-16/h5-6,9-11,14-16H,1-4,7-8,12-13H2. The lowest BCUT2D eigenvalue weighted by Crippen LogP contribution is -2.03. The Morgan fingerprint density at radius 3 is 2.38 bits per heavy atom. The van der Waals surface area contributed by atoms with Crippen LogP contribution in [0.3, 0.4) is 0 Å². The zero-order chi connectivity index (χ0) is 17.9. The van der Waals surface area contributed by atoms with Crippen LogP contribution in [0.15, 0.2) is 42.7 Å². The van der Waals surface area contributed by atoms with Gasteiger partial charge in [-0.2, -0.15) is 0 Å². The largest absolute Gasteiger partial charge is 0.304 e. The number of aromatic nitrogens is 2. The molecule has 2 nitrogen and oxygen atoms in total. The molecule has 1 aliphatic carbocycles. The van der Waals surface area contributed by atoms with E-state index in [9.17, 15) is 0 Å². The van der Waals surface area contributed by atoms with Gasteiger partial charge in [0.1, 0.15) is 5.65 Å². The Kier molecular flexibility index (Phi) is 5.52. The zero-order valence-corrected chi connectivity index (χ0v) is 16.4. The van der Waals surface area contributed by atoms with Crippen molar-refractivity contribution in [3.05, 3.63) is 69.6 Å². The second-order valence-electron chi connectivity index (χ2n) is 7.30. The van der Waals surface area contributed by atoms with Gasteiger partial charge >= 0.3 is 0 Å². The van der Waals surface area contributed by atoms with Gasteiger partial charge in [-0.15, -0.1) is 0 Å². The van der Waals surface area contributed by atoms with E-state index in [0.717, 1.165) is 34.1 Å². The number of pyridine rings is 1. The molecule has 0 unspecified atom stereocenters. The van der Waals surface area contributed by atoms with E-state index < -0.39 is 0 Å². The maximum Gasteiger partial charge on any atom is 0.140 e. The highest BCUT2D eigenvalue weighted by molar-refractivity contribution is 6.35. The van der Waals surface area contributed by atoms with Gasteiger partial charge in [0, 0.05) is 34.1 Å². The summed E-state index contributed by atoms with van der Waals surface area (Å²) in [5, 5.41) is 1.49. The molecule has 1 aliphatic rings. The number of hydrogen-bond acceptors (Lipinski definition) is 1. The summed E-state index contributed by atoms with van der Waals surface area (Å²) in [6, 6.07) is 10.0. The van der Waals surface area contributed by atoms with Gasteiger partial charge in [0.05, 0.1) is 0 Å². The topological polar surface area (TPSA) is 17.3 Å². The van der Waals surface area contributed by atoms with Gasteiger partial charge in [-0.05, 0) is 55.0 Å². The van der Waals surface area contributed by atoms with Crippen molar-refractivity contribution in [2.45, 2.75) is 57.3 Å². The van der Waals surface area contributed by atoms with Crippen LogP contribution in [0, 0.1) is 0 Å². The fourth-order valence-electron chi connectivity index (χ4n) is 4.19. The molecule has 2 heterocycles. The molecule has 3 aromatic rings. The molecule has 1 aromatic carbocycles. The summed E-state index contributed by atoms with van der Waals surface area (Å²) in [6.45, 7) is 0. The first kappa shape index (κ1) is 17.9. The lowest BCUT2D eigenvalue weighted by molar-refractivity contribution is 0.573. The Morgan fingerprint density at radius 1 is 0.923 bits per heavy atom. The monoisotopic (exact) mass is 386 g/mol. The Balaban J connectivity index is 1.60. The van der Waals surface area contributed by atoms with Crippen LogP contribution < -0.4 is 0 Å². The Morgan fingerprint density at radius 2 is 1.65 bits per heavy atom. The zero-order valence-electron chi connectivity index (χ0n) is 14.9. The van der Waals surface area contributed by atoms with Gasteiger partial charge < -0.3 is 4.40 Å². The molecular formula is C22H24Cl2N2. The molecule has 0 bridgehead atoms. The van der Waals surface area contributed by atoms with E-state index in [1.807, 2.05) is 18.2 Å². The van der Waals surface area contributed by atoms with Crippen LogP contribution in [0.25, 0.3) is 5.65 Å². The highest BCUT2D eigenvalue weighted by atomic mass is 35.5. The molecule has 136 valence electrons. The second-order valence-corrected chi connectivity index (χ2v) is 8.11. The lowest BCUT2D eigenvalue weighted by atomic mass is 9.97. The Labute approximate surface area is 165 Å². The Bertz CT molecular complexity index is 872. The molecule has 0 saturated heterocycles. The van der Waals surface area contributed by atoms with E-state index >= 15 is 0 Å². The van der Waals surface area contributed by atoms with E-state index in [1.165, 1.54) is 49.8 Å². The quantitative estimate of drug-likeness (QED) is 0.447. The first-order chi connectivity index (χ1) is 12.7. The SMILES string of the molecule is Clc1cccc(Cl)c1CCc1cccn2c(C3CCCCCC3)cnc12.